The zero-order valence-electron chi connectivity index (χ0n) is 15.1. The number of halogens is 1. The van der Waals surface area contributed by atoms with Gasteiger partial charge >= 0.3 is 0 Å². The van der Waals surface area contributed by atoms with E-state index in [2.05, 4.69) is 54.9 Å². The Morgan fingerprint density at radius 3 is 2.50 bits per heavy atom. The monoisotopic (exact) mass is 349 g/mol. The molecule has 134 valence electrons. The Balaban J connectivity index is 0.00000118. The maximum Gasteiger partial charge on any atom is 0.0614 e. The summed E-state index contributed by atoms with van der Waals surface area (Å²) in [5.41, 5.74) is 8.11. The topological polar surface area (TPSA) is 41.6 Å². The molecule has 1 aromatic rings. The summed E-state index contributed by atoms with van der Waals surface area (Å²) in [6.45, 7) is 9.96. The van der Waals surface area contributed by atoms with E-state index in [0.29, 0.717) is 5.88 Å². The van der Waals surface area contributed by atoms with Crippen molar-refractivity contribution in [3.8, 4) is 0 Å². The molecule has 0 spiro atoms. The van der Waals surface area contributed by atoms with E-state index in [9.17, 15) is 0 Å². The van der Waals surface area contributed by atoms with Crippen LogP contribution < -0.4 is 5.73 Å². The van der Waals surface area contributed by atoms with Crippen molar-refractivity contribution in [2.24, 2.45) is 10.8 Å². The van der Waals surface area contributed by atoms with Crippen molar-refractivity contribution in [1.82, 2.24) is 5.01 Å². The molecular formula is C20H32ClN3. The highest BCUT2D eigenvalue weighted by Crippen LogP contribution is 2.07. The predicted octanol–water partition coefficient (Wildman–Crippen LogP) is 4.98. The van der Waals surface area contributed by atoms with Crippen LogP contribution in [0.5, 0.6) is 0 Å². The third-order valence-electron chi connectivity index (χ3n) is 3.23. The fraction of sp³-hybridized carbons (Fsp3) is 0.450. The molecule has 0 saturated heterocycles. The van der Waals surface area contributed by atoms with Crippen LogP contribution >= 0.6 is 11.6 Å². The molecule has 2 N–H and O–H groups in total. The van der Waals surface area contributed by atoms with Crippen molar-refractivity contribution >= 4 is 17.3 Å². The van der Waals surface area contributed by atoms with Crippen LogP contribution in [0.15, 0.2) is 60.2 Å². The number of benzene rings is 1. The van der Waals surface area contributed by atoms with E-state index >= 15 is 0 Å². The van der Waals surface area contributed by atoms with Gasteiger partial charge in [0.05, 0.1) is 13.1 Å². The van der Waals surface area contributed by atoms with Crippen molar-refractivity contribution in [3.63, 3.8) is 0 Å². The van der Waals surface area contributed by atoms with Gasteiger partial charge in [0.25, 0.3) is 0 Å². The van der Waals surface area contributed by atoms with Crippen LogP contribution in [0.1, 0.15) is 38.7 Å². The second-order valence-electron chi connectivity index (χ2n) is 5.26. The average Bonchev–Trinajstić information content (AvgIpc) is 2.63. The Hall–Kier alpha value is -1.58. The summed E-state index contributed by atoms with van der Waals surface area (Å²) in [6.07, 6.45) is 8.84. The van der Waals surface area contributed by atoms with Gasteiger partial charge in [0.2, 0.25) is 0 Å². The maximum absolute atomic E-state index is 5.59. The Labute approximate surface area is 152 Å². The number of alkyl halides is 1. The predicted molar refractivity (Wildman–Crippen MR) is 109 cm³/mol. The molecule has 0 atom stereocenters. The highest BCUT2D eigenvalue weighted by Gasteiger charge is 2.03. The molecule has 0 aliphatic rings. The van der Waals surface area contributed by atoms with Gasteiger partial charge in [-0.3, -0.25) is 5.01 Å². The van der Waals surface area contributed by atoms with Crippen LogP contribution in [-0.4, -0.2) is 29.7 Å². The molecule has 1 rings (SSSR count). The van der Waals surface area contributed by atoms with Crippen LogP contribution in [-0.2, 0) is 6.54 Å². The molecule has 0 aromatic heterocycles. The van der Waals surface area contributed by atoms with E-state index in [1.54, 1.807) is 6.08 Å². The second kappa shape index (κ2) is 16.3. The lowest BCUT2D eigenvalue weighted by atomic mass is 10.2. The van der Waals surface area contributed by atoms with Gasteiger partial charge in [-0.25, -0.2) is 0 Å². The normalized spacial score (nSPS) is 11.1. The molecule has 0 unspecified atom stereocenters. The molecular weight excluding hydrogens is 318 g/mol. The quantitative estimate of drug-likeness (QED) is 0.280. The number of rotatable bonds is 10. The van der Waals surface area contributed by atoms with Gasteiger partial charge in [-0.05, 0) is 38.3 Å². The van der Waals surface area contributed by atoms with Crippen molar-refractivity contribution in [3.05, 3.63) is 60.7 Å². The molecule has 0 amide bonds. The highest BCUT2D eigenvalue weighted by atomic mass is 35.5. The van der Waals surface area contributed by atoms with Crippen molar-refractivity contribution in [2.45, 2.75) is 39.7 Å². The lowest BCUT2D eigenvalue weighted by molar-refractivity contribution is 0.309. The zero-order chi connectivity index (χ0) is 18.0. The van der Waals surface area contributed by atoms with Crippen LogP contribution in [0.4, 0.5) is 0 Å². The smallest absolute Gasteiger partial charge is 0.0614 e. The minimum atomic E-state index is 0.556. The van der Waals surface area contributed by atoms with Crippen LogP contribution in [0.25, 0.3) is 0 Å². The Bertz CT molecular complexity index is 469. The molecule has 0 aliphatic heterocycles. The third kappa shape index (κ3) is 11.9. The molecule has 0 radical (unpaired) electrons. The van der Waals surface area contributed by atoms with Gasteiger partial charge in [-0.1, -0.05) is 55.5 Å². The number of hydrogen-bond acceptors (Lipinski definition) is 3. The molecule has 24 heavy (non-hydrogen) atoms. The Morgan fingerprint density at radius 1 is 1.33 bits per heavy atom. The van der Waals surface area contributed by atoms with Crippen molar-refractivity contribution < 1.29 is 0 Å². The summed E-state index contributed by atoms with van der Waals surface area (Å²) in [7, 11) is 0. The number of nitrogens with two attached hydrogens (primary N) is 1. The summed E-state index contributed by atoms with van der Waals surface area (Å²) < 4.78 is 0. The summed E-state index contributed by atoms with van der Waals surface area (Å²) in [5, 5.41) is 6.94. The molecule has 0 fully saturated rings. The largest absolute Gasteiger partial charge is 0.330 e. The summed E-state index contributed by atoms with van der Waals surface area (Å²) >= 11 is 5.07. The zero-order valence-corrected chi connectivity index (χ0v) is 15.9. The van der Waals surface area contributed by atoms with Gasteiger partial charge in [-0.15, -0.1) is 18.2 Å². The standard InChI is InChI=1S/C17H27N3.C3H5Cl/c1-3-5-14-20(15-16-10-7-6-8-11-16)19-17(4-2)12-9-13-18;1-2-3-4/h3,5-8,10-11H,4,9,12-15,18H2,1-2H3;2H,1,3H2/b5-3+,19-17+;. The molecule has 1 aromatic carbocycles. The lowest BCUT2D eigenvalue weighted by Gasteiger charge is -2.19. The van der Waals surface area contributed by atoms with E-state index in [1.807, 2.05) is 13.0 Å². The number of hydrazone groups is 1. The van der Waals surface area contributed by atoms with Gasteiger partial charge in [0.15, 0.2) is 0 Å². The second-order valence-corrected chi connectivity index (χ2v) is 5.57. The first-order valence-electron chi connectivity index (χ1n) is 8.55. The van der Waals surface area contributed by atoms with Gasteiger partial charge in [0.1, 0.15) is 0 Å². The summed E-state index contributed by atoms with van der Waals surface area (Å²) in [6, 6.07) is 10.5. The van der Waals surface area contributed by atoms with E-state index in [4.69, 9.17) is 22.4 Å². The van der Waals surface area contributed by atoms with E-state index < -0.39 is 0 Å². The van der Waals surface area contributed by atoms with Gasteiger partial charge < -0.3 is 5.73 Å². The first kappa shape index (κ1) is 22.4. The van der Waals surface area contributed by atoms with Gasteiger partial charge in [-0.2, -0.15) is 5.10 Å². The molecule has 0 bridgehead atoms. The van der Waals surface area contributed by atoms with Crippen LogP contribution in [0.3, 0.4) is 0 Å². The highest BCUT2D eigenvalue weighted by molar-refractivity contribution is 6.18. The summed E-state index contributed by atoms with van der Waals surface area (Å²) in [5.74, 6) is 0.556. The van der Waals surface area contributed by atoms with Crippen molar-refractivity contribution in [1.29, 1.82) is 0 Å². The Kier molecular flexibility index (Phi) is 15.2. The minimum absolute atomic E-state index is 0.556. The first-order valence-corrected chi connectivity index (χ1v) is 9.08. The number of nitrogens with zero attached hydrogens (tertiary/aromatic N) is 2. The fourth-order valence-corrected chi connectivity index (χ4v) is 1.97. The molecule has 0 saturated carbocycles. The summed E-state index contributed by atoms with van der Waals surface area (Å²) in [4.78, 5) is 0. The van der Waals surface area contributed by atoms with Crippen LogP contribution in [0, 0.1) is 0 Å². The number of allylic oxidation sites excluding steroid dienone is 2. The minimum Gasteiger partial charge on any atom is -0.330 e. The SMILES string of the molecule is C/C=C/CN(Cc1ccccc1)/N=C(\CC)CCCN.C=CCCl. The van der Waals surface area contributed by atoms with Crippen LogP contribution in [0.2, 0.25) is 0 Å². The Morgan fingerprint density at radius 2 is 2.00 bits per heavy atom. The molecule has 4 heteroatoms. The lowest BCUT2D eigenvalue weighted by Crippen LogP contribution is -2.20. The maximum atomic E-state index is 5.59. The molecule has 0 heterocycles. The number of hydrogen-bond donors (Lipinski definition) is 1. The molecule has 0 aliphatic carbocycles. The third-order valence-corrected chi connectivity index (χ3v) is 3.45. The first-order chi connectivity index (χ1) is 11.7. The van der Waals surface area contributed by atoms with Crippen molar-refractivity contribution in [2.75, 3.05) is 19.0 Å². The van der Waals surface area contributed by atoms with E-state index in [-0.39, 0.29) is 0 Å². The average molecular weight is 350 g/mol. The van der Waals surface area contributed by atoms with Gasteiger partial charge in [0, 0.05) is 11.6 Å². The molecule has 3 nitrogen and oxygen atoms in total. The fourth-order valence-electron chi connectivity index (χ4n) is 1.97. The van der Waals surface area contributed by atoms with E-state index in [1.165, 1.54) is 11.3 Å². The van der Waals surface area contributed by atoms with E-state index in [0.717, 1.165) is 38.9 Å².